The van der Waals surface area contributed by atoms with Gasteiger partial charge < -0.3 is 0 Å². The van der Waals surface area contributed by atoms with E-state index in [0.29, 0.717) is 10.3 Å². The quantitative estimate of drug-likeness (QED) is 0.517. The molecule has 1 rings (SSSR count). The molecule has 6 nitrogen and oxygen atoms in total. The van der Waals surface area contributed by atoms with Crippen molar-refractivity contribution in [1.29, 1.82) is 0 Å². The van der Waals surface area contributed by atoms with Crippen LogP contribution in [0, 0.1) is 0 Å². The Morgan fingerprint density at radius 3 is 1.61 bits per heavy atom. The van der Waals surface area contributed by atoms with Gasteiger partial charge in [-0.2, -0.15) is 0 Å². The molecule has 0 heterocycles. The topological polar surface area (TPSA) is 78.9 Å². The molecule has 122 valence electrons. The summed E-state index contributed by atoms with van der Waals surface area (Å²) in [4.78, 5) is 35.2. The minimum atomic E-state index is -4.79. The van der Waals surface area contributed by atoms with Gasteiger partial charge in [-0.15, -0.1) is 0 Å². The number of hydrogen-bond acceptors (Lipinski definition) is 6. The second kappa shape index (κ2) is 7.90. The summed E-state index contributed by atoms with van der Waals surface area (Å²) in [6, 6.07) is 0. The first-order chi connectivity index (χ1) is 10.8. The van der Waals surface area contributed by atoms with E-state index in [1.807, 2.05) is 13.0 Å². The van der Waals surface area contributed by atoms with E-state index in [1.165, 1.54) is 0 Å². The number of hydrogen-bond donors (Lipinski definition) is 0. The van der Waals surface area contributed by atoms with E-state index in [9.17, 15) is 14.4 Å². The fourth-order valence-corrected chi connectivity index (χ4v) is 5.90. The molecule has 0 radical (unpaired) electrons. The van der Waals surface area contributed by atoms with Crippen molar-refractivity contribution in [2.45, 2.75) is 20.3 Å². The van der Waals surface area contributed by atoms with Crippen LogP contribution in [0.4, 0.5) is 0 Å². The Hall–Kier alpha value is -2.18. The van der Waals surface area contributed by atoms with Crippen LogP contribution in [-0.2, 0) is 42.1 Å². The Kier molecular flexibility index (Phi) is 6.48. The summed E-state index contributed by atoms with van der Waals surface area (Å²) in [7, 11) is 0. The molecule has 0 atom stereocenters. The Morgan fingerprint density at radius 1 is 0.957 bits per heavy atom. The first-order valence-corrected chi connectivity index (χ1v) is 9.42. The molecular weight excluding hydrogens is 336 g/mol. The van der Waals surface area contributed by atoms with Crippen molar-refractivity contribution in [3.05, 3.63) is 59.1 Å². The third-order valence-corrected chi connectivity index (χ3v) is 7.49. The van der Waals surface area contributed by atoms with Gasteiger partial charge in [0.05, 0.1) is 0 Å². The van der Waals surface area contributed by atoms with Gasteiger partial charge in [-0.1, -0.05) is 0 Å². The standard InChI is InChI=1S/C7H9.3C3H4O2.Ti/c1-6-4-3-5-7(6)2;3*1-2-3(4)5;/h4H,3H2,1-2H3;3*2H,1H2,(H,4,5);/q;;;;+3/p-3. The van der Waals surface area contributed by atoms with E-state index in [2.05, 4.69) is 19.7 Å². The first kappa shape index (κ1) is 18.9. The van der Waals surface area contributed by atoms with Crippen LogP contribution in [0.25, 0.3) is 0 Å². The molecule has 23 heavy (non-hydrogen) atoms. The summed E-state index contributed by atoms with van der Waals surface area (Å²) < 4.78 is 16.4. The molecule has 7 heteroatoms. The second-order valence-corrected chi connectivity index (χ2v) is 8.26. The van der Waals surface area contributed by atoms with Gasteiger partial charge in [-0.25, -0.2) is 0 Å². The van der Waals surface area contributed by atoms with Crippen molar-refractivity contribution < 1.29 is 42.1 Å². The maximum atomic E-state index is 11.7. The average Bonchev–Trinajstić information content (AvgIpc) is 2.86. The Morgan fingerprint density at radius 2 is 1.35 bits per heavy atom. The molecule has 0 fully saturated rings. The van der Waals surface area contributed by atoms with Gasteiger partial charge in [0.2, 0.25) is 0 Å². The first-order valence-electron chi connectivity index (χ1n) is 6.73. The van der Waals surface area contributed by atoms with Crippen molar-refractivity contribution in [1.82, 2.24) is 0 Å². The van der Waals surface area contributed by atoms with Crippen LogP contribution in [0.5, 0.6) is 0 Å². The van der Waals surface area contributed by atoms with Crippen molar-refractivity contribution in [2.24, 2.45) is 0 Å². The minimum absolute atomic E-state index is 0.358. The van der Waals surface area contributed by atoms with E-state index < -0.39 is 35.7 Å². The molecule has 0 aromatic rings. The average molecular weight is 354 g/mol. The van der Waals surface area contributed by atoms with Crippen LogP contribution in [0.1, 0.15) is 20.3 Å². The zero-order chi connectivity index (χ0) is 17.6. The SMILES string of the molecule is C=CC(=O)[O][Ti]([O]C(=O)C=C)([O]C(=O)C=C)[C]1=C(C)C(C)=CC1. The molecular formula is C16H18O6Ti. The van der Waals surface area contributed by atoms with Crippen LogP contribution >= 0.6 is 0 Å². The van der Waals surface area contributed by atoms with E-state index in [0.717, 1.165) is 29.4 Å². The molecule has 0 unspecified atom stereocenters. The molecule has 0 bridgehead atoms. The maximum absolute atomic E-state index is 11.7. The van der Waals surface area contributed by atoms with Crippen LogP contribution in [0.3, 0.4) is 0 Å². The van der Waals surface area contributed by atoms with E-state index in [4.69, 9.17) is 9.96 Å². The molecule has 1 aliphatic carbocycles. The number of carbonyl (C=O) groups excluding carboxylic acids is 3. The third-order valence-electron chi connectivity index (χ3n) is 3.23. The van der Waals surface area contributed by atoms with Crippen molar-refractivity contribution in [2.75, 3.05) is 0 Å². The zero-order valence-corrected chi connectivity index (χ0v) is 14.6. The van der Waals surface area contributed by atoms with Crippen molar-refractivity contribution >= 4 is 17.9 Å². The fraction of sp³-hybridized carbons (Fsp3) is 0.188. The predicted molar refractivity (Wildman–Crippen MR) is 79.9 cm³/mol. The summed E-state index contributed by atoms with van der Waals surface area (Å²) >= 11 is -4.79. The second-order valence-electron chi connectivity index (χ2n) is 4.63. The Bertz CT molecular complexity index is 586. The van der Waals surface area contributed by atoms with Gasteiger partial charge in [0, 0.05) is 0 Å². The summed E-state index contributed by atoms with van der Waals surface area (Å²) in [6.45, 7) is 13.6. The molecule has 0 saturated carbocycles. The van der Waals surface area contributed by atoms with Gasteiger partial charge in [-0.3, -0.25) is 0 Å². The van der Waals surface area contributed by atoms with E-state index in [-0.39, 0.29) is 0 Å². The molecule has 0 aromatic carbocycles. The monoisotopic (exact) mass is 354 g/mol. The number of carbonyl (C=O) groups is 3. The van der Waals surface area contributed by atoms with Crippen LogP contribution in [0.15, 0.2) is 59.1 Å². The number of rotatable bonds is 7. The van der Waals surface area contributed by atoms with Gasteiger partial charge in [0.25, 0.3) is 0 Å². The molecule has 0 spiro atoms. The molecule has 0 saturated heterocycles. The van der Waals surface area contributed by atoms with Crippen molar-refractivity contribution in [3.8, 4) is 0 Å². The Balaban J connectivity index is 3.44. The summed E-state index contributed by atoms with van der Waals surface area (Å²) in [6.07, 6.45) is 4.96. The Labute approximate surface area is 139 Å². The zero-order valence-electron chi connectivity index (χ0n) is 13.1. The van der Waals surface area contributed by atoms with E-state index >= 15 is 0 Å². The van der Waals surface area contributed by atoms with Crippen LogP contribution < -0.4 is 0 Å². The van der Waals surface area contributed by atoms with E-state index in [1.54, 1.807) is 6.92 Å². The summed E-state index contributed by atoms with van der Waals surface area (Å²) in [5.74, 6) is -2.53. The van der Waals surface area contributed by atoms with Gasteiger partial charge in [-0.05, 0) is 0 Å². The van der Waals surface area contributed by atoms with Crippen LogP contribution in [-0.4, -0.2) is 17.9 Å². The molecule has 1 aliphatic rings. The number of allylic oxidation sites excluding steroid dienone is 4. The summed E-state index contributed by atoms with van der Waals surface area (Å²) in [5.41, 5.74) is 1.68. The van der Waals surface area contributed by atoms with Gasteiger partial charge >= 0.3 is 139 Å². The van der Waals surface area contributed by atoms with Gasteiger partial charge in [0.15, 0.2) is 0 Å². The third kappa shape index (κ3) is 4.40. The van der Waals surface area contributed by atoms with Crippen molar-refractivity contribution in [3.63, 3.8) is 0 Å². The summed E-state index contributed by atoms with van der Waals surface area (Å²) in [5, 5.41) is 0. The predicted octanol–water partition coefficient (Wildman–Crippen LogP) is 2.70. The molecule has 0 N–H and O–H groups in total. The molecule has 0 amide bonds. The van der Waals surface area contributed by atoms with Crippen LogP contribution in [0.2, 0.25) is 0 Å². The fourth-order valence-electron chi connectivity index (χ4n) is 1.92. The normalized spacial score (nSPS) is 13.7. The van der Waals surface area contributed by atoms with Gasteiger partial charge in [0.1, 0.15) is 0 Å². The molecule has 0 aromatic heterocycles. The molecule has 0 aliphatic heterocycles.